The Kier molecular flexibility index (Phi) is 3.88. The quantitative estimate of drug-likeness (QED) is 0.790. The highest BCUT2D eigenvalue weighted by atomic mass is 32.1. The van der Waals surface area contributed by atoms with Gasteiger partial charge in [0.15, 0.2) is 5.69 Å². The number of anilines is 1. The number of aromatic carboxylic acids is 1. The summed E-state index contributed by atoms with van der Waals surface area (Å²) in [6.07, 6.45) is 1.96. The molecule has 0 saturated heterocycles. The summed E-state index contributed by atoms with van der Waals surface area (Å²) >= 11 is 1.33. The number of aromatic nitrogens is 1. The SMILES string of the molecule is CCC(CC)Nc1scnc1C(=O)O. The zero-order valence-electron chi connectivity index (χ0n) is 8.28. The van der Waals surface area contributed by atoms with E-state index in [0.29, 0.717) is 11.0 Å². The van der Waals surface area contributed by atoms with E-state index in [9.17, 15) is 4.79 Å². The molecule has 0 aromatic carbocycles. The molecule has 4 nitrogen and oxygen atoms in total. The molecule has 0 spiro atoms. The van der Waals surface area contributed by atoms with Gasteiger partial charge in [0.25, 0.3) is 0 Å². The summed E-state index contributed by atoms with van der Waals surface area (Å²) in [6.45, 7) is 4.14. The predicted molar refractivity (Wildman–Crippen MR) is 57.1 cm³/mol. The van der Waals surface area contributed by atoms with E-state index in [2.05, 4.69) is 24.1 Å². The first-order valence-corrected chi connectivity index (χ1v) is 5.50. The van der Waals surface area contributed by atoms with Crippen molar-refractivity contribution in [1.29, 1.82) is 0 Å². The average Bonchev–Trinajstić information content (AvgIpc) is 2.62. The number of carboxylic acid groups (broad SMARTS) is 1. The molecule has 1 rings (SSSR count). The van der Waals surface area contributed by atoms with Crippen molar-refractivity contribution in [2.24, 2.45) is 0 Å². The molecule has 1 aromatic heterocycles. The smallest absolute Gasteiger partial charge is 0.357 e. The fourth-order valence-corrected chi connectivity index (χ4v) is 1.93. The summed E-state index contributed by atoms with van der Waals surface area (Å²) in [5.74, 6) is -0.972. The minimum Gasteiger partial charge on any atom is -0.476 e. The maximum Gasteiger partial charge on any atom is 0.357 e. The average molecular weight is 214 g/mol. The van der Waals surface area contributed by atoms with E-state index in [-0.39, 0.29) is 5.69 Å². The number of carboxylic acids is 1. The molecule has 0 aliphatic carbocycles. The molecule has 14 heavy (non-hydrogen) atoms. The number of hydrogen-bond acceptors (Lipinski definition) is 4. The van der Waals surface area contributed by atoms with Crippen molar-refractivity contribution in [2.45, 2.75) is 32.7 Å². The lowest BCUT2D eigenvalue weighted by Crippen LogP contribution is -2.17. The Bertz CT molecular complexity index is 308. The largest absolute Gasteiger partial charge is 0.476 e. The van der Waals surface area contributed by atoms with Crippen LogP contribution in [0.1, 0.15) is 37.2 Å². The lowest BCUT2D eigenvalue weighted by Gasteiger charge is -2.14. The molecular weight excluding hydrogens is 200 g/mol. The van der Waals surface area contributed by atoms with Gasteiger partial charge in [-0.15, -0.1) is 11.3 Å². The van der Waals surface area contributed by atoms with Crippen molar-refractivity contribution in [3.63, 3.8) is 0 Å². The molecule has 2 N–H and O–H groups in total. The summed E-state index contributed by atoms with van der Waals surface area (Å²) in [5, 5.41) is 12.7. The van der Waals surface area contributed by atoms with Gasteiger partial charge in [0.1, 0.15) is 5.00 Å². The maximum absolute atomic E-state index is 10.7. The highest BCUT2D eigenvalue weighted by molar-refractivity contribution is 7.14. The topological polar surface area (TPSA) is 62.2 Å². The standard InChI is InChI=1S/C9H14N2O2S/c1-3-6(4-2)11-8-7(9(12)13)10-5-14-8/h5-6,11H,3-4H2,1-2H3,(H,12,13). The Labute approximate surface area is 87.0 Å². The molecule has 0 aliphatic rings. The summed E-state index contributed by atoms with van der Waals surface area (Å²) in [4.78, 5) is 14.5. The molecule has 1 heterocycles. The van der Waals surface area contributed by atoms with Crippen LogP contribution in [0.4, 0.5) is 5.00 Å². The molecule has 0 aliphatic heterocycles. The van der Waals surface area contributed by atoms with Gasteiger partial charge >= 0.3 is 5.97 Å². The van der Waals surface area contributed by atoms with E-state index in [0.717, 1.165) is 12.8 Å². The van der Waals surface area contributed by atoms with Crippen molar-refractivity contribution >= 4 is 22.3 Å². The van der Waals surface area contributed by atoms with Crippen molar-refractivity contribution in [1.82, 2.24) is 4.98 Å². The highest BCUT2D eigenvalue weighted by Gasteiger charge is 2.15. The molecule has 78 valence electrons. The van der Waals surface area contributed by atoms with Crippen LogP contribution in [0.15, 0.2) is 5.51 Å². The lowest BCUT2D eigenvalue weighted by molar-refractivity contribution is 0.0692. The van der Waals surface area contributed by atoms with Gasteiger partial charge in [-0.25, -0.2) is 9.78 Å². The fraction of sp³-hybridized carbons (Fsp3) is 0.556. The molecule has 5 heteroatoms. The van der Waals surface area contributed by atoms with Crippen LogP contribution in [0.5, 0.6) is 0 Å². The van der Waals surface area contributed by atoms with Gasteiger partial charge in [0, 0.05) is 6.04 Å². The van der Waals surface area contributed by atoms with Crippen molar-refractivity contribution in [3.05, 3.63) is 11.2 Å². The highest BCUT2D eigenvalue weighted by Crippen LogP contribution is 2.22. The monoisotopic (exact) mass is 214 g/mol. The van der Waals surface area contributed by atoms with Crippen molar-refractivity contribution in [3.8, 4) is 0 Å². The molecule has 0 bridgehead atoms. The van der Waals surface area contributed by atoms with Gasteiger partial charge in [-0.2, -0.15) is 0 Å². The first-order valence-electron chi connectivity index (χ1n) is 4.62. The Morgan fingerprint density at radius 2 is 2.29 bits per heavy atom. The van der Waals surface area contributed by atoms with E-state index in [1.807, 2.05) is 0 Å². The first kappa shape index (κ1) is 11.0. The van der Waals surface area contributed by atoms with Gasteiger partial charge in [-0.1, -0.05) is 13.8 Å². The Hall–Kier alpha value is -1.10. The third kappa shape index (κ3) is 2.45. The van der Waals surface area contributed by atoms with Gasteiger partial charge < -0.3 is 10.4 Å². The predicted octanol–water partition coefficient (Wildman–Crippen LogP) is 2.44. The van der Waals surface area contributed by atoms with Crippen LogP contribution >= 0.6 is 11.3 Å². The number of hydrogen-bond donors (Lipinski definition) is 2. The second-order valence-corrected chi connectivity index (χ2v) is 3.85. The van der Waals surface area contributed by atoms with Crippen LogP contribution in [0.3, 0.4) is 0 Å². The van der Waals surface area contributed by atoms with Crippen molar-refractivity contribution < 1.29 is 9.90 Å². The van der Waals surface area contributed by atoms with Gasteiger partial charge in [0.2, 0.25) is 0 Å². The van der Waals surface area contributed by atoms with Crippen LogP contribution < -0.4 is 5.32 Å². The van der Waals surface area contributed by atoms with Crippen LogP contribution in [0.25, 0.3) is 0 Å². The number of rotatable bonds is 5. The Morgan fingerprint density at radius 1 is 1.64 bits per heavy atom. The minimum atomic E-state index is -0.972. The maximum atomic E-state index is 10.7. The second kappa shape index (κ2) is 4.95. The molecule has 0 unspecified atom stereocenters. The van der Waals surface area contributed by atoms with Crippen molar-refractivity contribution in [2.75, 3.05) is 5.32 Å². The van der Waals surface area contributed by atoms with Gasteiger partial charge in [-0.3, -0.25) is 0 Å². The molecule has 1 aromatic rings. The summed E-state index contributed by atoms with van der Waals surface area (Å²) in [7, 11) is 0. The third-order valence-corrected chi connectivity index (χ3v) is 2.85. The second-order valence-electron chi connectivity index (χ2n) is 2.99. The Morgan fingerprint density at radius 3 is 2.79 bits per heavy atom. The molecule has 0 radical (unpaired) electrons. The Balaban J connectivity index is 2.75. The molecule has 0 saturated carbocycles. The van der Waals surface area contributed by atoms with Gasteiger partial charge in [0.05, 0.1) is 5.51 Å². The number of nitrogens with zero attached hydrogens (tertiary/aromatic N) is 1. The van der Waals surface area contributed by atoms with E-state index >= 15 is 0 Å². The molecule has 0 fully saturated rings. The summed E-state index contributed by atoms with van der Waals surface area (Å²) < 4.78 is 0. The van der Waals surface area contributed by atoms with Crippen LogP contribution in [-0.4, -0.2) is 22.1 Å². The van der Waals surface area contributed by atoms with Crippen LogP contribution in [0, 0.1) is 0 Å². The minimum absolute atomic E-state index is 0.127. The zero-order chi connectivity index (χ0) is 10.6. The first-order chi connectivity index (χ1) is 6.69. The summed E-state index contributed by atoms with van der Waals surface area (Å²) in [6, 6.07) is 0.327. The fourth-order valence-electron chi connectivity index (χ4n) is 1.18. The van der Waals surface area contributed by atoms with Crippen LogP contribution in [-0.2, 0) is 0 Å². The normalized spacial score (nSPS) is 10.5. The number of carbonyl (C=O) groups is 1. The number of thiazole rings is 1. The molecule has 0 atom stereocenters. The molecule has 0 amide bonds. The van der Waals surface area contributed by atoms with E-state index < -0.39 is 5.97 Å². The van der Waals surface area contributed by atoms with E-state index in [1.54, 1.807) is 5.51 Å². The molecular formula is C9H14N2O2S. The van der Waals surface area contributed by atoms with Crippen LogP contribution in [0.2, 0.25) is 0 Å². The zero-order valence-corrected chi connectivity index (χ0v) is 9.10. The lowest BCUT2D eigenvalue weighted by atomic mass is 10.2. The third-order valence-electron chi connectivity index (χ3n) is 2.09. The van der Waals surface area contributed by atoms with E-state index in [1.165, 1.54) is 11.3 Å². The summed E-state index contributed by atoms with van der Waals surface area (Å²) in [5.41, 5.74) is 1.68. The van der Waals surface area contributed by atoms with Gasteiger partial charge in [-0.05, 0) is 12.8 Å². The number of nitrogens with one attached hydrogen (secondary N) is 1. The van der Waals surface area contributed by atoms with E-state index in [4.69, 9.17) is 5.11 Å².